The van der Waals surface area contributed by atoms with E-state index in [2.05, 4.69) is 32.6 Å². The van der Waals surface area contributed by atoms with Gasteiger partial charge in [-0.3, -0.25) is 0 Å². The van der Waals surface area contributed by atoms with Gasteiger partial charge in [0, 0.05) is 11.8 Å². The summed E-state index contributed by atoms with van der Waals surface area (Å²) in [7, 11) is 0. The minimum absolute atomic E-state index is 0.487. The SMILES string of the molecule is Clc1cccc(-c2nccc(I)n2)c1Cl. The van der Waals surface area contributed by atoms with E-state index in [4.69, 9.17) is 23.2 Å². The molecule has 1 heterocycles. The average Bonchev–Trinajstić information content (AvgIpc) is 2.22. The molecular formula is C10H5Cl2IN2. The number of halogens is 3. The summed E-state index contributed by atoms with van der Waals surface area (Å²) < 4.78 is 0.869. The Hall–Kier alpha value is -0.390. The van der Waals surface area contributed by atoms with Crippen molar-refractivity contribution in [3.63, 3.8) is 0 Å². The highest BCUT2D eigenvalue weighted by Crippen LogP contribution is 2.31. The number of aromatic nitrogens is 2. The van der Waals surface area contributed by atoms with Crippen molar-refractivity contribution in [2.75, 3.05) is 0 Å². The molecule has 76 valence electrons. The molecule has 0 aliphatic carbocycles. The molecule has 0 atom stereocenters. The van der Waals surface area contributed by atoms with E-state index in [0.29, 0.717) is 15.9 Å². The summed E-state index contributed by atoms with van der Waals surface area (Å²) >= 11 is 14.1. The Kier molecular flexibility index (Phi) is 3.43. The van der Waals surface area contributed by atoms with Crippen LogP contribution in [0.5, 0.6) is 0 Å². The van der Waals surface area contributed by atoms with Crippen molar-refractivity contribution in [1.82, 2.24) is 9.97 Å². The van der Waals surface area contributed by atoms with Gasteiger partial charge in [0.2, 0.25) is 0 Å². The second-order valence-electron chi connectivity index (χ2n) is 2.80. The Bertz CT molecular complexity index is 503. The fourth-order valence-electron chi connectivity index (χ4n) is 1.14. The van der Waals surface area contributed by atoms with Crippen LogP contribution in [-0.4, -0.2) is 9.97 Å². The van der Waals surface area contributed by atoms with Crippen LogP contribution in [0.4, 0.5) is 0 Å². The van der Waals surface area contributed by atoms with Crippen molar-refractivity contribution < 1.29 is 0 Å². The van der Waals surface area contributed by atoms with E-state index >= 15 is 0 Å². The first-order valence-electron chi connectivity index (χ1n) is 4.11. The molecule has 1 aromatic heterocycles. The number of hydrogen-bond acceptors (Lipinski definition) is 2. The zero-order valence-corrected chi connectivity index (χ0v) is 11.1. The summed E-state index contributed by atoms with van der Waals surface area (Å²) in [4.78, 5) is 8.43. The molecule has 5 heteroatoms. The lowest BCUT2D eigenvalue weighted by molar-refractivity contribution is 1.15. The van der Waals surface area contributed by atoms with E-state index in [9.17, 15) is 0 Å². The van der Waals surface area contributed by atoms with E-state index in [1.54, 1.807) is 12.3 Å². The Morgan fingerprint density at radius 1 is 1.13 bits per heavy atom. The molecule has 0 bridgehead atoms. The Morgan fingerprint density at radius 3 is 2.67 bits per heavy atom. The van der Waals surface area contributed by atoms with E-state index in [1.807, 2.05) is 18.2 Å². The van der Waals surface area contributed by atoms with Gasteiger partial charge < -0.3 is 0 Å². The summed E-state index contributed by atoms with van der Waals surface area (Å²) in [5.41, 5.74) is 0.752. The predicted octanol–water partition coefficient (Wildman–Crippen LogP) is 4.06. The maximum atomic E-state index is 6.07. The average molecular weight is 351 g/mol. The third-order valence-corrected chi connectivity index (χ3v) is 3.23. The van der Waals surface area contributed by atoms with Crippen LogP contribution in [-0.2, 0) is 0 Å². The van der Waals surface area contributed by atoms with Gasteiger partial charge in [0.25, 0.3) is 0 Å². The highest BCUT2D eigenvalue weighted by Gasteiger charge is 2.08. The maximum absolute atomic E-state index is 6.07. The molecule has 0 fully saturated rings. The molecular weight excluding hydrogens is 346 g/mol. The third-order valence-electron chi connectivity index (χ3n) is 1.81. The van der Waals surface area contributed by atoms with Crippen molar-refractivity contribution in [3.8, 4) is 11.4 Å². The van der Waals surface area contributed by atoms with Crippen LogP contribution >= 0.6 is 45.8 Å². The van der Waals surface area contributed by atoms with E-state index in [-0.39, 0.29) is 0 Å². The van der Waals surface area contributed by atoms with E-state index in [1.165, 1.54) is 0 Å². The second-order valence-corrected chi connectivity index (χ2v) is 4.69. The quantitative estimate of drug-likeness (QED) is 0.572. The topological polar surface area (TPSA) is 25.8 Å². The van der Waals surface area contributed by atoms with E-state index < -0.39 is 0 Å². The Balaban J connectivity index is 2.59. The molecule has 0 aliphatic heterocycles. The van der Waals surface area contributed by atoms with Crippen LogP contribution in [0.25, 0.3) is 11.4 Å². The van der Waals surface area contributed by atoms with Gasteiger partial charge in [-0.25, -0.2) is 9.97 Å². The summed E-state index contributed by atoms with van der Waals surface area (Å²) in [6.45, 7) is 0. The monoisotopic (exact) mass is 350 g/mol. The molecule has 2 aromatic rings. The lowest BCUT2D eigenvalue weighted by atomic mass is 10.2. The summed E-state index contributed by atoms with van der Waals surface area (Å²) in [6.07, 6.45) is 1.70. The number of rotatable bonds is 1. The first-order chi connectivity index (χ1) is 7.18. The van der Waals surface area contributed by atoms with Crippen LogP contribution < -0.4 is 0 Å². The molecule has 2 rings (SSSR count). The van der Waals surface area contributed by atoms with Gasteiger partial charge in [0.1, 0.15) is 3.70 Å². The minimum atomic E-state index is 0.487. The van der Waals surface area contributed by atoms with Crippen molar-refractivity contribution in [2.24, 2.45) is 0 Å². The molecule has 1 aromatic carbocycles. The van der Waals surface area contributed by atoms with Crippen LogP contribution in [0.1, 0.15) is 0 Å². The fourth-order valence-corrected chi connectivity index (χ4v) is 1.92. The number of nitrogens with zero attached hydrogens (tertiary/aromatic N) is 2. The van der Waals surface area contributed by atoms with E-state index in [0.717, 1.165) is 9.26 Å². The molecule has 0 unspecified atom stereocenters. The number of benzene rings is 1. The minimum Gasteiger partial charge on any atom is -0.236 e. The third kappa shape index (κ3) is 2.41. The van der Waals surface area contributed by atoms with Crippen molar-refractivity contribution >= 4 is 45.8 Å². The van der Waals surface area contributed by atoms with Crippen molar-refractivity contribution in [3.05, 3.63) is 44.2 Å². The Labute approximate surface area is 111 Å². The van der Waals surface area contributed by atoms with Crippen molar-refractivity contribution in [2.45, 2.75) is 0 Å². The number of hydrogen-bond donors (Lipinski definition) is 0. The van der Waals surface area contributed by atoms with Crippen LogP contribution in [0, 0.1) is 3.70 Å². The smallest absolute Gasteiger partial charge is 0.161 e. The van der Waals surface area contributed by atoms with Gasteiger partial charge in [0.05, 0.1) is 10.0 Å². The van der Waals surface area contributed by atoms with Crippen LogP contribution in [0.2, 0.25) is 10.0 Å². The highest BCUT2D eigenvalue weighted by atomic mass is 127. The van der Waals surface area contributed by atoms with Gasteiger partial charge in [-0.2, -0.15) is 0 Å². The first-order valence-corrected chi connectivity index (χ1v) is 5.95. The summed E-state index contributed by atoms with van der Waals surface area (Å²) in [5.74, 6) is 0.592. The van der Waals surface area contributed by atoms with Gasteiger partial charge in [-0.1, -0.05) is 29.3 Å². The Morgan fingerprint density at radius 2 is 1.93 bits per heavy atom. The van der Waals surface area contributed by atoms with Crippen LogP contribution in [0.3, 0.4) is 0 Å². The molecule has 0 aliphatic rings. The van der Waals surface area contributed by atoms with Gasteiger partial charge in [-0.15, -0.1) is 0 Å². The molecule has 0 spiro atoms. The van der Waals surface area contributed by atoms with Crippen LogP contribution in [0.15, 0.2) is 30.5 Å². The van der Waals surface area contributed by atoms with Gasteiger partial charge in [-0.05, 0) is 40.8 Å². The molecule has 0 saturated carbocycles. The van der Waals surface area contributed by atoms with Gasteiger partial charge >= 0.3 is 0 Å². The second kappa shape index (κ2) is 4.63. The summed E-state index contributed by atoms with van der Waals surface area (Å²) in [5, 5.41) is 0.998. The lowest BCUT2D eigenvalue weighted by Gasteiger charge is -2.03. The highest BCUT2D eigenvalue weighted by molar-refractivity contribution is 14.1. The van der Waals surface area contributed by atoms with Crippen molar-refractivity contribution in [1.29, 1.82) is 0 Å². The zero-order chi connectivity index (χ0) is 10.8. The summed E-state index contributed by atoms with van der Waals surface area (Å²) in [6, 6.07) is 7.23. The molecule has 2 nitrogen and oxygen atoms in total. The maximum Gasteiger partial charge on any atom is 0.161 e. The lowest BCUT2D eigenvalue weighted by Crippen LogP contribution is -1.91. The molecule has 0 N–H and O–H groups in total. The first kappa shape index (κ1) is 11.1. The zero-order valence-electron chi connectivity index (χ0n) is 7.42. The predicted molar refractivity (Wildman–Crippen MR) is 70.2 cm³/mol. The fraction of sp³-hybridized carbons (Fsp3) is 0. The molecule has 0 amide bonds. The van der Waals surface area contributed by atoms with Gasteiger partial charge in [0.15, 0.2) is 5.82 Å². The molecule has 0 saturated heterocycles. The molecule has 0 radical (unpaired) electrons. The largest absolute Gasteiger partial charge is 0.236 e. The standard InChI is InChI=1S/C10H5Cl2IN2/c11-7-3-1-2-6(9(7)12)10-14-5-4-8(13)15-10/h1-5H. The normalized spacial score (nSPS) is 10.3. The molecule has 15 heavy (non-hydrogen) atoms.